The number of rotatable bonds is 3. The average Bonchev–Trinajstić information content (AvgIpc) is 2.99. The number of hydrogen-bond donors (Lipinski definition) is 1. The van der Waals surface area contributed by atoms with E-state index in [2.05, 4.69) is 10.2 Å². The summed E-state index contributed by atoms with van der Waals surface area (Å²) in [7, 11) is 0. The molecule has 1 N–H and O–H groups in total. The third-order valence-corrected chi connectivity index (χ3v) is 4.84. The number of aryl methyl sites for hydroxylation is 1. The van der Waals surface area contributed by atoms with Crippen molar-refractivity contribution in [1.82, 2.24) is 0 Å². The molecule has 0 saturated carbocycles. The molecule has 134 valence electrons. The first kappa shape index (κ1) is 16.9. The molecule has 0 radical (unpaired) electrons. The number of nitrogens with one attached hydrogen (secondary N) is 1. The molecule has 2 aromatic carbocycles. The summed E-state index contributed by atoms with van der Waals surface area (Å²) in [4.78, 5) is 14.9. The van der Waals surface area contributed by atoms with Crippen LogP contribution in [-0.2, 0) is 4.74 Å². The number of hydrogen-bond acceptors (Lipinski definition) is 4. The van der Waals surface area contributed by atoms with Gasteiger partial charge in [-0.3, -0.25) is 4.79 Å². The van der Waals surface area contributed by atoms with Crippen molar-refractivity contribution in [3.8, 4) is 0 Å². The van der Waals surface area contributed by atoms with E-state index in [0.29, 0.717) is 16.4 Å². The highest BCUT2D eigenvalue weighted by atomic mass is 35.5. The molecule has 2 heterocycles. The van der Waals surface area contributed by atoms with Crippen LogP contribution in [0.5, 0.6) is 0 Å². The number of halogens is 1. The van der Waals surface area contributed by atoms with E-state index in [1.165, 1.54) is 0 Å². The number of fused-ring (bicyclic) bond motifs is 1. The van der Waals surface area contributed by atoms with Crippen LogP contribution in [0, 0.1) is 6.92 Å². The number of carbonyl (C=O) groups excluding carboxylic acids is 1. The minimum atomic E-state index is -0.269. The molecule has 0 aliphatic carbocycles. The molecule has 0 unspecified atom stereocenters. The molecular weight excluding hydrogens is 352 g/mol. The van der Waals surface area contributed by atoms with Crippen LogP contribution >= 0.6 is 11.6 Å². The first-order chi connectivity index (χ1) is 12.6. The summed E-state index contributed by atoms with van der Waals surface area (Å²) < 4.78 is 11.1. The summed E-state index contributed by atoms with van der Waals surface area (Å²) in [5.74, 6) is 0.0356. The Morgan fingerprint density at radius 1 is 1.12 bits per heavy atom. The van der Waals surface area contributed by atoms with E-state index in [9.17, 15) is 4.79 Å². The van der Waals surface area contributed by atoms with Crippen LogP contribution < -0.4 is 10.2 Å². The van der Waals surface area contributed by atoms with Gasteiger partial charge < -0.3 is 19.4 Å². The van der Waals surface area contributed by atoms with Crippen LogP contribution in [0.1, 0.15) is 16.1 Å². The lowest BCUT2D eigenvalue weighted by Crippen LogP contribution is -2.36. The van der Waals surface area contributed by atoms with E-state index in [0.717, 1.165) is 48.6 Å². The number of morpholine rings is 1. The largest absolute Gasteiger partial charge is 0.451 e. The minimum absolute atomic E-state index is 0.269. The van der Waals surface area contributed by atoms with Gasteiger partial charge in [0, 0.05) is 40.4 Å². The van der Waals surface area contributed by atoms with Gasteiger partial charge in [-0.05, 0) is 49.4 Å². The Balaban J connectivity index is 1.52. The van der Waals surface area contributed by atoms with Crippen molar-refractivity contribution in [2.75, 3.05) is 36.5 Å². The van der Waals surface area contributed by atoms with Crippen molar-refractivity contribution in [2.45, 2.75) is 6.92 Å². The van der Waals surface area contributed by atoms with E-state index in [1.54, 1.807) is 12.1 Å². The summed E-state index contributed by atoms with van der Waals surface area (Å²) in [6, 6.07) is 13.1. The van der Waals surface area contributed by atoms with Gasteiger partial charge in [-0.15, -0.1) is 0 Å². The average molecular weight is 371 g/mol. The van der Waals surface area contributed by atoms with Crippen LogP contribution in [0.4, 0.5) is 11.4 Å². The quantitative estimate of drug-likeness (QED) is 0.738. The standard InChI is InChI=1S/C20H19ClN2O3/c1-13-17-12-14(21)2-7-18(17)26-19(13)20(24)22-15-3-5-16(6-4-15)23-8-10-25-11-9-23/h2-7,12H,8-11H2,1H3,(H,22,24). The predicted molar refractivity (Wildman–Crippen MR) is 103 cm³/mol. The van der Waals surface area contributed by atoms with Gasteiger partial charge >= 0.3 is 0 Å². The minimum Gasteiger partial charge on any atom is -0.451 e. The number of benzene rings is 2. The molecule has 0 bridgehead atoms. The number of carbonyl (C=O) groups is 1. The van der Waals surface area contributed by atoms with E-state index < -0.39 is 0 Å². The van der Waals surface area contributed by atoms with E-state index in [-0.39, 0.29) is 5.91 Å². The normalized spacial score (nSPS) is 14.6. The van der Waals surface area contributed by atoms with E-state index >= 15 is 0 Å². The summed E-state index contributed by atoms with van der Waals surface area (Å²) in [5.41, 5.74) is 3.29. The Bertz CT molecular complexity index is 944. The van der Waals surface area contributed by atoms with Gasteiger partial charge in [-0.25, -0.2) is 0 Å². The highest BCUT2D eigenvalue weighted by Crippen LogP contribution is 2.28. The van der Waals surface area contributed by atoms with Crippen molar-refractivity contribution in [3.63, 3.8) is 0 Å². The zero-order valence-electron chi connectivity index (χ0n) is 14.4. The van der Waals surface area contributed by atoms with Crippen molar-refractivity contribution in [2.24, 2.45) is 0 Å². The molecule has 26 heavy (non-hydrogen) atoms. The Kier molecular flexibility index (Phi) is 4.57. The van der Waals surface area contributed by atoms with Gasteiger partial charge in [0.15, 0.2) is 5.76 Å². The van der Waals surface area contributed by atoms with Crippen LogP contribution in [0.25, 0.3) is 11.0 Å². The lowest BCUT2D eigenvalue weighted by atomic mass is 10.1. The van der Waals surface area contributed by atoms with Crippen LogP contribution in [0.3, 0.4) is 0 Å². The second-order valence-electron chi connectivity index (χ2n) is 6.30. The summed E-state index contributed by atoms with van der Waals surface area (Å²) in [5, 5.41) is 4.37. The fourth-order valence-electron chi connectivity index (χ4n) is 3.17. The number of anilines is 2. The number of nitrogens with zero attached hydrogens (tertiary/aromatic N) is 1. The second-order valence-corrected chi connectivity index (χ2v) is 6.73. The first-order valence-electron chi connectivity index (χ1n) is 8.54. The number of ether oxygens (including phenoxy) is 1. The fourth-order valence-corrected chi connectivity index (χ4v) is 3.35. The molecule has 0 spiro atoms. The molecular formula is C20H19ClN2O3. The third kappa shape index (κ3) is 3.28. The smallest absolute Gasteiger partial charge is 0.291 e. The molecule has 4 rings (SSSR count). The van der Waals surface area contributed by atoms with Gasteiger partial charge in [0.1, 0.15) is 5.58 Å². The Morgan fingerprint density at radius 3 is 2.58 bits per heavy atom. The summed E-state index contributed by atoms with van der Waals surface area (Å²) >= 11 is 6.03. The van der Waals surface area contributed by atoms with Crippen molar-refractivity contribution in [1.29, 1.82) is 0 Å². The summed E-state index contributed by atoms with van der Waals surface area (Å²) in [6.45, 7) is 5.11. The maximum atomic E-state index is 12.6. The topological polar surface area (TPSA) is 54.7 Å². The fraction of sp³-hybridized carbons (Fsp3) is 0.250. The maximum Gasteiger partial charge on any atom is 0.291 e. The summed E-state index contributed by atoms with van der Waals surface area (Å²) in [6.07, 6.45) is 0. The van der Waals surface area contributed by atoms with Gasteiger partial charge in [-0.1, -0.05) is 11.6 Å². The van der Waals surface area contributed by atoms with Crippen LogP contribution in [0.2, 0.25) is 5.02 Å². The zero-order valence-corrected chi connectivity index (χ0v) is 15.2. The lowest BCUT2D eigenvalue weighted by molar-refractivity contribution is 0.0998. The highest BCUT2D eigenvalue weighted by molar-refractivity contribution is 6.31. The molecule has 0 atom stereocenters. The molecule has 1 fully saturated rings. The van der Waals surface area contributed by atoms with E-state index in [1.807, 2.05) is 37.3 Å². The Labute approximate surface area is 156 Å². The second kappa shape index (κ2) is 7.02. The molecule has 1 aliphatic rings. The maximum absolute atomic E-state index is 12.6. The molecule has 1 aliphatic heterocycles. The highest BCUT2D eigenvalue weighted by Gasteiger charge is 2.18. The van der Waals surface area contributed by atoms with E-state index in [4.69, 9.17) is 20.8 Å². The predicted octanol–water partition coefficient (Wildman–Crippen LogP) is 4.48. The number of amides is 1. The van der Waals surface area contributed by atoms with Crippen molar-refractivity contribution in [3.05, 3.63) is 58.8 Å². The van der Waals surface area contributed by atoms with Crippen molar-refractivity contribution < 1.29 is 13.9 Å². The molecule has 1 saturated heterocycles. The monoisotopic (exact) mass is 370 g/mol. The molecule has 3 aromatic rings. The SMILES string of the molecule is Cc1c(C(=O)Nc2ccc(N3CCOCC3)cc2)oc2ccc(Cl)cc12. The van der Waals surface area contributed by atoms with Crippen LogP contribution in [0.15, 0.2) is 46.9 Å². The lowest BCUT2D eigenvalue weighted by Gasteiger charge is -2.28. The Morgan fingerprint density at radius 2 is 1.85 bits per heavy atom. The Hall–Kier alpha value is -2.50. The van der Waals surface area contributed by atoms with Gasteiger partial charge in [0.05, 0.1) is 13.2 Å². The van der Waals surface area contributed by atoms with Crippen molar-refractivity contribution >= 4 is 39.9 Å². The number of furan rings is 1. The molecule has 1 aromatic heterocycles. The zero-order chi connectivity index (χ0) is 18.1. The first-order valence-corrected chi connectivity index (χ1v) is 8.92. The molecule has 5 nitrogen and oxygen atoms in total. The van der Waals surface area contributed by atoms with Crippen LogP contribution in [-0.4, -0.2) is 32.2 Å². The van der Waals surface area contributed by atoms with Gasteiger partial charge in [0.2, 0.25) is 0 Å². The van der Waals surface area contributed by atoms with Gasteiger partial charge in [-0.2, -0.15) is 0 Å². The molecule has 1 amide bonds. The third-order valence-electron chi connectivity index (χ3n) is 4.61. The van der Waals surface area contributed by atoms with Gasteiger partial charge in [0.25, 0.3) is 5.91 Å². The molecule has 6 heteroatoms.